The summed E-state index contributed by atoms with van der Waals surface area (Å²) < 4.78 is 8.36. The number of carbonyl (C=O) groups is 1. The molecule has 0 amide bonds. The average molecular weight is 595 g/mol. The summed E-state index contributed by atoms with van der Waals surface area (Å²) in [6.07, 6.45) is 3.42. The fourth-order valence-electron chi connectivity index (χ4n) is 6.04. The standard InChI is InChI=1S/C32H40BrNO3Si/c1-24-23-25(33)15-16-29(24)34-22-21-32(30(35)36)19-17-26(18-20-32)37-38(31(2,3)4,27-11-7-5-8-12-27)28-13-9-6-10-14-28/h5-16,23,26,34H,17-22H2,1-4H3,(H,35,36). The molecular formula is C32H40BrNO3Si. The third-order valence-electron chi connectivity index (χ3n) is 8.21. The fraction of sp³-hybridized carbons (Fsp3) is 0.406. The summed E-state index contributed by atoms with van der Waals surface area (Å²) in [6, 6.07) is 27.5. The molecule has 1 aliphatic rings. The van der Waals surface area contributed by atoms with Crippen molar-refractivity contribution in [1.29, 1.82) is 0 Å². The van der Waals surface area contributed by atoms with Crippen LogP contribution in [0.25, 0.3) is 0 Å². The van der Waals surface area contributed by atoms with Gasteiger partial charge >= 0.3 is 5.97 Å². The number of carboxylic acids is 1. The highest BCUT2D eigenvalue weighted by Crippen LogP contribution is 2.44. The number of carboxylic acid groups (broad SMARTS) is 1. The molecule has 1 fully saturated rings. The molecule has 6 heteroatoms. The van der Waals surface area contributed by atoms with Crippen LogP contribution in [0.1, 0.15) is 58.4 Å². The molecule has 0 aromatic heterocycles. The third-order valence-corrected chi connectivity index (χ3v) is 13.8. The largest absolute Gasteiger partial charge is 0.481 e. The Morgan fingerprint density at radius 3 is 2.03 bits per heavy atom. The molecule has 0 unspecified atom stereocenters. The van der Waals surface area contributed by atoms with Crippen LogP contribution in [-0.4, -0.2) is 32.0 Å². The van der Waals surface area contributed by atoms with Gasteiger partial charge in [-0.3, -0.25) is 4.79 Å². The first-order valence-electron chi connectivity index (χ1n) is 13.6. The van der Waals surface area contributed by atoms with Crippen LogP contribution < -0.4 is 15.7 Å². The Morgan fingerprint density at radius 2 is 1.55 bits per heavy atom. The number of rotatable bonds is 9. The molecule has 38 heavy (non-hydrogen) atoms. The van der Waals surface area contributed by atoms with E-state index in [1.165, 1.54) is 10.4 Å². The number of anilines is 1. The number of aryl methyl sites for hydroxylation is 1. The Kier molecular flexibility index (Phi) is 8.85. The lowest BCUT2D eigenvalue weighted by molar-refractivity contribution is -0.152. The highest BCUT2D eigenvalue weighted by atomic mass is 79.9. The maximum Gasteiger partial charge on any atom is 0.309 e. The van der Waals surface area contributed by atoms with Gasteiger partial charge in [0.05, 0.1) is 5.41 Å². The molecule has 0 aliphatic heterocycles. The molecule has 202 valence electrons. The second kappa shape index (κ2) is 11.8. The van der Waals surface area contributed by atoms with Gasteiger partial charge in [0.15, 0.2) is 0 Å². The molecule has 4 rings (SSSR count). The van der Waals surface area contributed by atoms with Gasteiger partial charge < -0.3 is 14.8 Å². The minimum Gasteiger partial charge on any atom is -0.481 e. The quantitative estimate of drug-likeness (QED) is 0.259. The van der Waals surface area contributed by atoms with E-state index in [1.807, 2.05) is 12.1 Å². The second-order valence-corrected chi connectivity index (χ2v) is 16.9. The minimum atomic E-state index is -2.65. The van der Waals surface area contributed by atoms with Crippen molar-refractivity contribution in [1.82, 2.24) is 0 Å². The molecule has 0 spiro atoms. The zero-order valence-corrected chi connectivity index (χ0v) is 25.6. The first-order valence-corrected chi connectivity index (χ1v) is 16.3. The number of hydrogen-bond donors (Lipinski definition) is 2. The molecule has 0 bridgehead atoms. The van der Waals surface area contributed by atoms with Gasteiger partial charge in [-0.1, -0.05) is 97.4 Å². The summed E-state index contributed by atoms with van der Waals surface area (Å²) in [4.78, 5) is 12.6. The van der Waals surface area contributed by atoms with Gasteiger partial charge in [-0.2, -0.15) is 0 Å². The minimum absolute atomic E-state index is 0.0375. The van der Waals surface area contributed by atoms with E-state index in [9.17, 15) is 9.90 Å². The molecule has 3 aromatic carbocycles. The van der Waals surface area contributed by atoms with Crippen LogP contribution in [0.2, 0.25) is 5.04 Å². The van der Waals surface area contributed by atoms with Crippen molar-refractivity contribution < 1.29 is 14.3 Å². The normalized spacial score (nSPS) is 20.2. The van der Waals surface area contributed by atoms with Crippen LogP contribution in [0, 0.1) is 12.3 Å². The summed E-state index contributed by atoms with van der Waals surface area (Å²) in [7, 11) is -2.65. The van der Waals surface area contributed by atoms with Crippen LogP contribution in [0.5, 0.6) is 0 Å². The second-order valence-electron chi connectivity index (χ2n) is 11.7. The third kappa shape index (κ3) is 5.92. The van der Waals surface area contributed by atoms with E-state index < -0.39 is 19.7 Å². The number of halogens is 1. The van der Waals surface area contributed by atoms with E-state index >= 15 is 0 Å². The summed E-state index contributed by atoms with van der Waals surface area (Å²) in [6.45, 7) is 9.57. The predicted octanol–water partition coefficient (Wildman–Crippen LogP) is 7.15. The Bertz CT molecular complexity index is 1180. The van der Waals surface area contributed by atoms with Crippen LogP contribution in [0.3, 0.4) is 0 Å². The van der Waals surface area contributed by atoms with Gasteiger partial charge in [-0.15, -0.1) is 0 Å². The van der Waals surface area contributed by atoms with E-state index in [4.69, 9.17) is 4.43 Å². The predicted molar refractivity (Wildman–Crippen MR) is 163 cm³/mol. The summed E-state index contributed by atoms with van der Waals surface area (Å²) in [5.74, 6) is -0.685. The number of aliphatic carboxylic acids is 1. The Balaban J connectivity index is 1.53. The Labute approximate surface area is 237 Å². The lowest BCUT2D eigenvalue weighted by atomic mass is 9.71. The van der Waals surface area contributed by atoms with Gasteiger partial charge in [0.2, 0.25) is 0 Å². The van der Waals surface area contributed by atoms with E-state index in [2.05, 4.69) is 116 Å². The maximum atomic E-state index is 12.6. The monoisotopic (exact) mass is 593 g/mol. The van der Waals surface area contributed by atoms with Crippen molar-refractivity contribution in [3.05, 3.63) is 88.9 Å². The van der Waals surface area contributed by atoms with Gasteiger partial charge in [0.25, 0.3) is 8.32 Å². The SMILES string of the molecule is Cc1cc(Br)ccc1NCCC1(C(=O)O)CCC(O[Si](c2ccccc2)(c2ccccc2)C(C)(C)C)CC1. The molecule has 4 nitrogen and oxygen atoms in total. The first kappa shape index (κ1) is 28.6. The Hall–Kier alpha value is -2.41. The number of nitrogens with one attached hydrogen (secondary N) is 1. The van der Waals surface area contributed by atoms with Gasteiger partial charge in [0, 0.05) is 22.8 Å². The van der Waals surface area contributed by atoms with Crippen molar-refractivity contribution in [3.8, 4) is 0 Å². The van der Waals surface area contributed by atoms with Crippen molar-refractivity contribution in [2.45, 2.75) is 70.9 Å². The van der Waals surface area contributed by atoms with Crippen LogP contribution >= 0.6 is 15.9 Å². The summed E-state index contributed by atoms with van der Waals surface area (Å²) in [5, 5.41) is 16.2. The van der Waals surface area contributed by atoms with Crippen LogP contribution in [0.4, 0.5) is 5.69 Å². The molecular weight excluding hydrogens is 554 g/mol. The van der Waals surface area contributed by atoms with Crippen molar-refractivity contribution >= 4 is 46.3 Å². The van der Waals surface area contributed by atoms with Crippen molar-refractivity contribution in [2.24, 2.45) is 5.41 Å². The van der Waals surface area contributed by atoms with Gasteiger partial charge in [0.1, 0.15) is 0 Å². The van der Waals surface area contributed by atoms with Crippen molar-refractivity contribution in [3.63, 3.8) is 0 Å². The highest BCUT2D eigenvalue weighted by molar-refractivity contribution is 9.10. The smallest absolute Gasteiger partial charge is 0.309 e. The molecule has 0 radical (unpaired) electrons. The van der Waals surface area contributed by atoms with Crippen molar-refractivity contribution in [2.75, 3.05) is 11.9 Å². The topological polar surface area (TPSA) is 58.6 Å². The number of hydrogen-bond acceptors (Lipinski definition) is 3. The van der Waals surface area contributed by atoms with E-state index in [-0.39, 0.29) is 11.1 Å². The first-order chi connectivity index (χ1) is 18.1. The molecule has 1 aliphatic carbocycles. The molecule has 1 saturated carbocycles. The zero-order valence-electron chi connectivity index (χ0n) is 23.0. The fourth-order valence-corrected chi connectivity index (χ4v) is 11.3. The van der Waals surface area contributed by atoms with Gasteiger partial charge in [-0.25, -0.2) is 0 Å². The lowest BCUT2D eigenvalue weighted by Crippen LogP contribution is -2.68. The van der Waals surface area contributed by atoms with E-state index in [1.54, 1.807) is 0 Å². The highest BCUT2D eigenvalue weighted by Gasteiger charge is 2.52. The summed E-state index contributed by atoms with van der Waals surface area (Å²) >= 11 is 3.51. The van der Waals surface area contributed by atoms with Gasteiger partial charge in [-0.05, 0) is 78.2 Å². The van der Waals surface area contributed by atoms with E-state index in [0.29, 0.717) is 25.8 Å². The van der Waals surface area contributed by atoms with Crippen LogP contribution in [-0.2, 0) is 9.22 Å². The van der Waals surface area contributed by atoms with Crippen LogP contribution in [0.15, 0.2) is 83.3 Å². The molecule has 3 aromatic rings. The Morgan fingerprint density at radius 1 is 1.00 bits per heavy atom. The lowest BCUT2D eigenvalue weighted by Gasteiger charge is -2.47. The molecule has 0 saturated heterocycles. The zero-order chi connectivity index (χ0) is 27.4. The summed E-state index contributed by atoms with van der Waals surface area (Å²) in [5.41, 5.74) is 1.48. The molecule has 2 N–H and O–H groups in total. The maximum absolute atomic E-state index is 12.6. The molecule has 0 atom stereocenters. The average Bonchev–Trinajstić information content (AvgIpc) is 2.89. The number of benzene rings is 3. The van der Waals surface area contributed by atoms with E-state index in [0.717, 1.165) is 28.6 Å². The molecule has 0 heterocycles.